The summed E-state index contributed by atoms with van der Waals surface area (Å²) in [7, 11) is 0. The third-order valence-electron chi connectivity index (χ3n) is 3.81. The van der Waals surface area contributed by atoms with Gasteiger partial charge in [-0.05, 0) is 38.2 Å². The van der Waals surface area contributed by atoms with E-state index in [0.29, 0.717) is 11.8 Å². The lowest BCUT2D eigenvalue weighted by Gasteiger charge is -2.39. The predicted octanol–water partition coefficient (Wildman–Crippen LogP) is 3.76. The van der Waals surface area contributed by atoms with Crippen molar-refractivity contribution in [2.45, 2.75) is 41.0 Å². The molecule has 0 heterocycles. The van der Waals surface area contributed by atoms with Crippen LogP contribution in [0.2, 0.25) is 0 Å². The van der Waals surface area contributed by atoms with E-state index in [1.165, 1.54) is 5.57 Å². The van der Waals surface area contributed by atoms with Crippen molar-refractivity contribution >= 4 is 5.78 Å². The van der Waals surface area contributed by atoms with Crippen molar-refractivity contribution in [3.63, 3.8) is 0 Å². The summed E-state index contributed by atoms with van der Waals surface area (Å²) in [5.74, 6) is 1.15. The van der Waals surface area contributed by atoms with Gasteiger partial charge >= 0.3 is 0 Å². The van der Waals surface area contributed by atoms with Crippen LogP contribution in [0.3, 0.4) is 0 Å². The van der Waals surface area contributed by atoms with Gasteiger partial charge in [0.25, 0.3) is 0 Å². The topological polar surface area (TPSA) is 17.1 Å². The maximum atomic E-state index is 12.1. The molecule has 1 rings (SSSR count). The second-order valence-electron chi connectivity index (χ2n) is 5.10. The van der Waals surface area contributed by atoms with Crippen LogP contribution in [-0.4, -0.2) is 5.78 Å². The number of rotatable bonds is 2. The van der Waals surface area contributed by atoms with Gasteiger partial charge in [-0.3, -0.25) is 4.79 Å². The fourth-order valence-electron chi connectivity index (χ4n) is 2.66. The minimum atomic E-state index is -0.204. The summed E-state index contributed by atoms with van der Waals surface area (Å²) in [6.45, 7) is 10.5. The van der Waals surface area contributed by atoms with Gasteiger partial charge in [-0.1, -0.05) is 38.5 Å². The highest BCUT2D eigenvalue weighted by molar-refractivity contribution is 5.95. The van der Waals surface area contributed by atoms with Gasteiger partial charge in [0, 0.05) is 5.41 Å². The molecule has 1 heteroatoms. The zero-order chi connectivity index (χ0) is 11.6. The van der Waals surface area contributed by atoms with E-state index in [2.05, 4.69) is 33.8 Å². The lowest BCUT2D eigenvalue weighted by atomic mass is 9.63. The summed E-state index contributed by atoms with van der Waals surface area (Å²) in [5, 5.41) is 0. The molecule has 0 saturated heterocycles. The standard InChI is InChI=1S/C14H22O/c1-6-7-13(15)14(5)9-10(2)8-11(3)12(14)4/h6-8,10,12H,9H2,1-5H3. The molecule has 1 aliphatic carbocycles. The number of hydrogen-bond donors (Lipinski definition) is 0. The molecule has 0 aromatic carbocycles. The molecular weight excluding hydrogens is 184 g/mol. The van der Waals surface area contributed by atoms with Gasteiger partial charge in [0.05, 0.1) is 0 Å². The monoisotopic (exact) mass is 206 g/mol. The quantitative estimate of drug-likeness (QED) is 0.496. The fraction of sp³-hybridized carbons (Fsp3) is 0.643. The van der Waals surface area contributed by atoms with Crippen LogP contribution in [-0.2, 0) is 4.79 Å². The summed E-state index contributed by atoms with van der Waals surface area (Å²) in [6, 6.07) is 0. The van der Waals surface area contributed by atoms with Crippen molar-refractivity contribution < 1.29 is 4.79 Å². The van der Waals surface area contributed by atoms with Crippen LogP contribution in [0.4, 0.5) is 0 Å². The van der Waals surface area contributed by atoms with Crippen LogP contribution < -0.4 is 0 Å². The molecule has 0 aromatic heterocycles. The maximum absolute atomic E-state index is 12.1. The van der Waals surface area contributed by atoms with E-state index < -0.39 is 0 Å². The van der Waals surface area contributed by atoms with Gasteiger partial charge < -0.3 is 0 Å². The molecule has 0 N–H and O–H groups in total. The number of hydrogen-bond acceptors (Lipinski definition) is 1. The molecule has 0 amide bonds. The molecule has 0 saturated carbocycles. The van der Waals surface area contributed by atoms with Crippen LogP contribution in [0.25, 0.3) is 0 Å². The molecule has 15 heavy (non-hydrogen) atoms. The highest BCUT2D eigenvalue weighted by atomic mass is 16.1. The molecule has 0 aromatic rings. The van der Waals surface area contributed by atoms with Gasteiger partial charge in [-0.15, -0.1) is 0 Å². The van der Waals surface area contributed by atoms with Crippen molar-refractivity contribution in [1.29, 1.82) is 0 Å². The Bertz CT molecular complexity index is 311. The Morgan fingerprint density at radius 1 is 1.53 bits per heavy atom. The summed E-state index contributed by atoms with van der Waals surface area (Å²) in [4.78, 5) is 12.1. The average Bonchev–Trinajstić information content (AvgIpc) is 2.14. The number of allylic oxidation sites excluding steroid dienone is 4. The zero-order valence-electron chi connectivity index (χ0n) is 10.5. The first kappa shape index (κ1) is 12.2. The zero-order valence-corrected chi connectivity index (χ0v) is 10.5. The predicted molar refractivity (Wildman–Crippen MR) is 64.6 cm³/mol. The summed E-state index contributed by atoms with van der Waals surface area (Å²) in [5.41, 5.74) is 1.15. The second-order valence-corrected chi connectivity index (χ2v) is 5.10. The molecule has 0 spiro atoms. The molecule has 0 radical (unpaired) electrons. The Hall–Kier alpha value is -0.850. The van der Waals surface area contributed by atoms with Crippen molar-refractivity contribution in [2.24, 2.45) is 17.3 Å². The van der Waals surface area contributed by atoms with Crippen molar-refractivity contribution in [3.05, 3.63) is 23.8 Å². The Balaban J connectivity index is 3.03. The molecule has 0 fully saturated rings. The first-order valence-electron chi connectivity index (χ1n) is 5.77. The molecule has 0 aliphatic heterocycles. The molecule has 3 unspecified atom stereocenters. The number of carbonyl (C=O) groups is 1. The van der Waals surface area contributed by atoms with E-state index in [0.717, 1.165) is 6.42 Å². The molecule has 0 bridgehead atoms. The first-order valence-corrected chi connectivity index (χ1v) is 5.77. The smallest absolute Gasteiger partial charge is 0.161 e. The Morgan fingerprint density at radius 3 is 2.67 bits per heavy atom. The molecule has 84 valence electrons. The number of carbonyl (C=O) groups excluding carboxylic acids is 1. The lowest BCUT2D eigenvalue weighted by Crippen LogP contribution is -2.38. The van der Waals surface area contributed by atoms with Crippen LogP contribution in [0.15, 0.2) is 23.8 Å². The normalized spacial score (nSPS) is 36.7. The minimum Gasteiger partial charge on any atom is -0.294 e. The van der Waals surface area contributed by atoms with E-state index in [9.17, 15) is 4.79 Å². The van der Waals surface area contributed by atoms with Crippen molar-refractivity contribution in [2.75, 3.05) is 0 Å². The van der Waals surface area contributed by atoms with Gasteiger partial charge in [0.1, 0.15) is 0 Å². The van der Waals surface area contributed by atoms with Crippen LogP contribution >= 0.6 is 0 Å². The Labute approximate surface area is 93.3 Å². The Morgan fingerprint density at radius 2 is 2.13 bits per heavy atom. The highest BCUT2D eigenvalue weighted by Gasteiger charge is 2.41. The van der Waals surface area contributed by atoms with Crippen LogP contribution in [0.5, 0.6) is 0 Å². The first-order chi connectivity index (χ1) is 6.91. The SMILES string of the molecule is CC=CC(=O)C1(C)CC(C)C=C(C)C1C. The maximum Gasteiger partial charge on any atom is 0.161 e. The van der Waals surface area contributed by atoms with E-state index >= 15 is 0 Å². The van der Waals surface area contributed by atoms with Crippen LogP contribution in [0.1, 0.15) is 41.0 Å². The number of ketones is 1. The molecule has 3 atom stereocenters. The van der Waals surface area contributed by atoms with Crippen LogP contribution in [0, 0.1) is 17.3 Å². The van der Waals surface area contributed by atoms with E-state index in [4.69, 9.17) is 0 Å². The second kappa shape index (κ2) is 4.34. The minimum absolute atomic E-state index is 0.204. The summed E-state index contributed by atoms with van der Waals surface area (Å²) >= 11 is 0. The van der Waals surface area contributed by atoms with Gasteiger partial charge in [-0.2, -0.15) is 0 Å². The van der Waals surface area contributed by atoms with E-state index in [1.54, 1.807) is 6.08 Å². The molecule has 1 aliphatic rings. The largest absolute Gasteiger partial charge is 0.294 e. The Kier molecular flexibility index (Phi) is 3.54. The van der Waals surface area contributed by atoms with E-state index in [-0.39, 0.29) is 11.2 Å². The van der Waals surface area contributed by atoms with Crippen molar-refractivity contribution in [3.8, 4) is 0 Å². The summed E-state index contributed by atoms with van der Waals surface area (Å²) in [6.07, 6.45) is 6.84. The average molecular weight is 206 g/mol. The van der Waals surface area contributed by atoms with Gasteiger partial charge in [0.2, 0.25) is 0 Å². The van der Waals surface area contributed by atoms with Gasteiger partial charge in [-0.25, -0.2) is 0 Å². The lowest BCUT2D eigenvalue weighted by molar-refractivity contribution is -0.126. The highest BCUT2D eigenvalue weighted by Crippen LogP contribution is 2.44. The third-order valence-corrected chi connectivity index (χ3v) is 3.81. The summed E-state index contributed by atoms with van der Waals surface area (Å²) < 4.78 is 0. The molecular formula is C14H22O. The molecule has 1 nitrogen and oxygen atoms in total. The van der Waals surface area contributed by atoms with Crippen molar-refractivity contribution in [1.82, 2.24) is 0 Å². The fourth-order valence-corrected chi connectivity index (χ4v) is 2.66. The third kappa shape index (κ3) is 2.22. The van der Waals surface area contributed by atoms with E-state index in [1.807, 2.05) is 13.0 Å². The van der Waals surface area contributed by atoms with Gasteiger partial charge in [0.15, 0.2) is 5.78 Å².